The van der Waals surface area contributed by atoms with E-state index >= 15 is 0 Å². The first-order valence-electron chi connectivity index (χ1n) is 10.7. The van der Waals surface area contributed by atoms with Gasteiger partial charge in [-0.05, 0) is 56.8 Å². The molecular formula is C22H30N2O5. The first-order valence-corrected chi connectivity index (χ1v) is 10.7. The number of amides is 1. The maximum Gasteiger partial charge on any atom is 0.309 e. The summed E-state index contributed by atoms with van der Waals surface area (Å²) >= 11 is 0. The summed E-state index contributed by atoms with van der Waals surface area (Å²) in [5.74, 6) is 1.55. The first-order chi connectivity index (χ1) is 14.2. The van der Waals surface area contributed by atoms with Gasteiger partial charge in [-0.1, -0.05) is 6.07 Å². The van der Waals surface area contributed by atoms with E-state index < -0.39 is 0 Å². The Kier molecular flexibility index (Phi) is 6.23. The zero-order valence-corrected chi connectivity index (χ0v) is 17.1. The minimum Gasteiger partial charge on any atom is -0.486 e. The monoisotopic (exact) mass is 402 g/mol. The van der Waals surface area contributed by atoms with Gasteiger partial charge in [-0.3, -0.25) is 14.5 Å². The lowest BCUT2D eigenvalue weighted by Crippen LogP contribution is -2.45. The van der Waals surface area contributed by atoms with E-state index in [0.29, 0.717) is 52.3 Å². The lowest BCUT2D eigenvalue weighted by atomic mass is 9.97. The Bertz CT molecular complexity index is 745. The van der Waals surface area contributed by atoms with E-state index in [9.17, 15) is 9.59 Å². The van der Waals surface area contributed by atoms with Crippen LogP contribution in [-0.4, -0.2) is 67.7 Å². The van der Waals surface area contributed by atoms with Crippen molar-refractivity contribution < 1.29 is 23.8 Å². The Morgan fingerprint density at radius 1 is 1.07 bits per heavy atom. The fourth-order valence-electron chi connectivity index (χ4n) is 4.56. The van der Waals surface area contributed by atoms with Gasteiger partial charge >= 0.3 is 5.97 Å². The Morgan fingerprint density at radius 2 is 1.83 bits per heavy atom. The summed E-state index contributed by atoms with van der Waals surface area (Å²) in [4.78, 5) is 29.0. The Morgan fingerprint density at radius 3 is 2.59 bits per heavy atom. The predicted octanol–water partition coefficient (Wildman–Crippen LogP) is 2.40. The number of nitrogens with zero attached hydrogens (tertiary/aromatic N) is 2. The number of benzene rings is 1. The molecule has 0 saturated carbocycles. The SMILES string of the molecule is CCOC(=O)C1CCN(C(=O)CN2CCC[C@H]2c2ccc3c(c2)OCCO3)CC1. The molecule has 158 valence electrons. The van der Waals surface area contributed by atoms with Gasteiger partial charge in [0.2, 0.25) is 5.91 Å². The van der Waals surface area contributed by atoms with Crippen LogP contribution in [0.25, 0.3) is 0 Å². The lowest BCUT2D eigenvalue weighted by molar-refractivity contribution is -0.151. The Labute approximate surface area is 171 Å². The third kappa shape index (κ3) is 4.50. The smallest absolute Gasteiger partial charge is 0.309 e. The number of fused-ring (bicyclic) bond motifs is 1. The van der Waals surface area contributed by atoms with Gasteiger partial charge in [0, 0.05) is 19.1 Å². The predicted molar refractivity (Wildman–Crippen MR) is 107 cm³/mol. The number of esters is 1. The van der Waals surface area contributed by atoms with E-state index in [1.54, 1.807) is 0 Å². The maximum absolute atomic E-state index is 12.9. The summed E-state index contributed by atoms with van der Waals surface area (Å²) in [6.07, 6.45) is 3.50. The number of piperidine rings is 1. The number of carbonyl (C=O) groups is 2. The highest BCUT2D eigenvalue weighted by Gasteiger charge is 2.32. The summed E-state index contributed by atoms with van der Waals surface area (Å²) in [6.45, 7) is 6.00. The molecule has 1 atom stereocenters. The molecule has 2 saturated heterocycles. The summed E-state index contributed by atoms with van der Waals surface area (Å²) < 4.78 is 16.5. The molecule has 7 nitrogen and oxygen atoms in total. The molecule has 1 aromatic rings. The molecule has 0 aromatic heterocycles. The van der Waals surface area contributed by atoms with Crippen molar-refractivity contribution in [2.24, 2.45) is 5.92 Å². The average Bonchev–Trinajstić information content (AvgIpc) is 3.21. The molecule has 29 heavy (non-hydrogen) atoms. The van der Waals surface area contributed by atoms with Crippen molar-refractivity contribution in [1.29, 1.82) is 0 Å². The second-order valence-corrected chi connectivity index (χ2v) is 7.94. The highest BCUT2D eigenvalue weighted by atomic mass is 16.6. The van der Waals surface area contributed by atoms with Crippen LogP contribution in [0.15, 0.2) is 18.2 Å². The lowest BCUT2D eigenvalue weighted by Gasteiger charge is -2.33. The molecule has 0 N–H and O–H groups in total. The number of carbonyl (C=O) groups excluding carboxylic acids is 2. The molecule has 0 radical (unpaired) electrons. The molecule has 2 fully saturated rings. The van der Waals surface area contributed by atoms with E-state index in [1.165, 1.54) is 5.56 Å². The Hall–Kier alpha value is -2.28. The Balaban J connectivity index is 1.34. The molecule has 1 amide bonds. The van der Waals surface area contributed by atoms with Crippen molar-refractivity contribution >= 4 is 11.9 Å². The van der Waals surface area contributed by atoms with E-state index in [0.717, 1.165) is 30.9 Å². The highest BCUT2D eigenvalue weighted by Crippen LogP contribution is 2.38. The molecule has 0 spiro atoms. The first kappa shape index (κ1) is 20.0. The highest BCUT2D eigenvalue weighted by molar-refractivity contribution is 5.79. The van der Waals surface area contributed by atoms with Crippen LogP contribution in [-0.2, 0) is 14.3 Å². The normalized spacial score (nSPS) is 22.5. The van der Waals surface area contributed by atoms with Crippen molar-refractivity contribution in [3.05, 3.63) is 23.8 Å². The zero-order valence-electron chi connectivity index (χ0n) is 17.1. The maximum atomic E-state index is 12.9. The second-order valence-electron chi connectivity index (χ2n) is 7.94. The summed E-state index contributed by atoms with van der Waals surface area (Å²) in [5.41, 5.74) is 1.18. The molecule has 3 aliphatic heterocycles. The van der Waals surface area contributed by atoms with E-state index in [4.69, 9.17) is 14.2 Å². The minimum atomic E-state index is -0.127. The topological polar surface area (TPSA) is 68.3 Å². The van der Waals surface area contributed by atoms with Gasteiger partial charge in [-0.25, -0.2) is 0 Å². The van der Waals surface area contributed by atoms with Crippen molar-refractivity contribution in [3.8, 4) is 11.5 Å². The third-order valence-corrected chi connectivity index (χ3v) is 6.12. The van der Waals surface area contributed by atoms with Gasteiger partial charge in [-0.2, -0.15) is 0 Å². The van der Waals surface area contributed by atoms with Crippen LogP contribution in [0.3, 0.4) is 0 Å². The third-order valence-electron chi connectivity index (χ3n) is 6.12. The second kappa shape index (κ2) is 9.03. The van der Waals surface area contributed by atoms with Crippen LogP contribution in [0.2, 0.25) is 0 Å². The van der Waals surface area contributed by atoms with Gasteiger partial charge < -0.3 is 19.1 Å². The van der Waals surface area contributed by atoms with Crippen LogP contribution in [0, 0.1) is 5.92 Å². The number of hydrogen-bond acceptors (Lipinski definition) is 6. The van der Waals surface area contributed by atoms with E-state index in [-0.39, 0.29) is 23.8 Å². The molecule has 1 aromatic carbocycles. The molecule has 4 rings (SSSR count). The van der Waals surface area contributed by atoms with Crippen LogP contribution >= 0.6 is 0 Å². The minimum absolute atomic E-state index is 0.0729. The fraction of sp³-hybridized carbons (Fsp3) is 0.636. The van der Waals surface area contributed by atoms with E-state index in [1.807, 2.05) is 17.9 Å². The number of likely N-dealkylation sites (tertiary alicyclic amines) is 2. The largest absolute Gasteiger partial charge is 0.486 e. The molecule has 0 unspecified atom stereocenters. The summed E-state index contributed by atoms with van der Waals surface area (Å²) in [7, 11) is 0. The fourth-order valence-corrected chi connectivity index (χ4v) is 4.56. The van der Waals surface area contributed by atoms with Crippen LogP contribution in [0.4, 0.5) is 0 Å². The van der Waals surface area contributed by atoms with Gasteiger partial charge in [0.05, 0.1) is 19.1 Å². The van der Waals surface area contributed by atoms with Crippen LogP contribution in [0.5, 0.6) is 11.5 Å². The van der Waals surface area contributed by atoms with Gasteiger partial charge in [0.1, 0.15) is 13.2 Å². The van der Waals surface area contributed by atoms with Gasteiger partial charge in [0.25, 0.3) is 0 Å². The molecule has 0 aliphatic carbocycles. The number of hydrogen-bond donors (Lipinski definition) is 0. The van der Waals surface area contributed by atoms with Crippen molar-refractivity contribution in [3.63, 3.8) is 0 Å². The van der Waals surface area contributed by atoms with Crippen LogP contribution in [0.1, 0.15) is 44.2 Å². The molecule has 3 heterocycles. The van der Waals surface area contributed by atoms with Crippen molar-refractivity contribution in [2.75, 3.05) is 46.0 Å². The zero-order chi connectivity index (χ0) is 20.2. The van der Waals surface area contributed by atoms with Crippen molar-refractivity contribution in [2.45, 2.75) is 38.6 Å². The summed E-state index contributed by atoms with van der Waals surface area (Å²) in [6, 6.07) is 6.35. The molecule has 7 heteroatoms. The average molecular weight is 402 g/mol. The molecule has 3 aliphatic rings. The molecular weight excluding hydrogens is 372 g/mol. The quantitative estimate of drug-likeness (QED) is 0.705. The summed E-state index contributed by atoms with van der Waals surface area (Å²) in [5, 5.41) is 0. The van der Waals surface area contributed by atoms with Gasteiger partial charge in [0.15, 0.2) is 11.5 Å². The van der Waals surface area contributed by atoms with Crippen molar-refractivity contribution in [1.82, 2.24) is 9.80 Å². The number of ether oxygens (including phenoxy) is 3. The molecule has 0 bridgehead atoms. The van der Waals surface area contributed by atoms with Gasteiger partial charge in [-0.15, -0.1) is 0 Å². The number of rotatable bonds is 5. The van der Waals surface area contributed by atoms with E-state index in [2.05, 4.69) is 17.0 Å². The standard InChI is InChI=1S/C22H30N2O5/c1-2-27-22(26)16-7-10-23(11-8-16)21(25)15-24-9-3-4-18(24)17-5-6-19-20(14-17)29-13-12-28-19/h5-6,14,16,18H,2-4,7-13,15H2,1H3/t18-/m0/s1. The van der Waals surface area contributed by atoms with Crippen LogP contribution < -0.4 is 9.47 Å².